The number of anilines is 1. The molecule has 2 aromatic carbocycles. The summed E-state index contributed by atoms with van der Waals surface area (Å²) in [5.41, 5.74) is 7.55. The molecule has 1 aliphatic heterocycles. The first-order valence-corrected chi connectivity index (χ1v) is 8.83. The molecular weight excluding hydrogens is 352 g/mol. The third-order valence-electron chi connectivity index (χ3n) is 4.42. The predicted molar refractivity (Wildman–Crippen MR) is 102 cm³/mol. The maximum Gasteiger partial charge on any atom is 0.317 e. The number of nitrogens with two attached hydrogens (primary N) is 1. The number of para-hydroxylation sites is 1. The Morgan fingerprint density at radius 1 is 1.04 bits per heavy atom. The highest BCUT2D eigenvalue weighted by atomic mass is 35.5. The van der Waals surface area contributed by atoms with Gasteiger partial charge in [-0.3, -0.25) is 4.79 Å². The summed E-state index contributed by atoms with van der Waals surface area (Å²) in [5, 5.41) is 3.61. The molecule has 1 heterocycles. The van der Waals surface area contributed by atoms with Gasteiger partial charge in [-0.05, 0) is 29.8 Å². The van der Waals surface area contributed by atoms with E-state index in [9.17, 15) is 9.59 Å². The van der Waals surface area contributed by atoms with Crippen LogP contribution < -0.4 is 16.0 Å². The highest BCUT2D eigenvalue weighted by Crippen LogP contribution is 2.25. The van der Waals surface area contributed by atoms with Crippen LogP contribution in [-0.4, -0.2) is 43.0 Å². The lowest BCUT2D eigenvalue weighted by atomic mass is 10.1. The van der Waals surface area contributed by atoms with E-state index < -0.39 is 5.91 Å². The van der Waals surface area contributed by atoms with Crippen molar-refractivity contribution in [3.05, 3.63) is 64.7 Å². The summed E-state index contributed by atoms with van der Waals surface area (Å²) in [6.45, 7) is 3.06. The normalized spacial score (nSPS) is 14.2. The van der Waals surface area contributed by atoms with Gasteiger partial charge in [0.25, 0.3) is 0 Å². The second-order valence-corrected chi connectivity index (χ2v) is 6.56. The summed E-state index contributed by atoms with van der Waals surface area (Å²) in [6.07, 6.45) is 0. The minimum absolute atomic E-state index is 0.117. The number of hydrogen-bond acceptors (Lipinski definition) is 3. The van der Waals surface area contributed by atoms with Gasteiger partial charge in [0.2, 0.25) is 5.91 Å². The number of piperazine rings is 1. The second-order valence-electron chi connectivity index (χ2n) is 6.15. The van der Waals surface area contributed by atoms with Crippen LogP contribution in [0.5, 0.6) is 0 Å². The lowest BCUT2D eigenvalue weighted by molar-refractivity contribution is 0.1000. The van der Waals surface area contributed by atoms with Crippen molar-refractivity contribution in [2.45, 2.75) is 6.54 Å². The number of nitrogens with zero attached hydrogens (tertiary/aromatic N) is 2. The van der Waals surface area contributed by atoms with Crippen LogP contribution in [0.2, 0.25) is 5.02 Å². The van der Waals surface area contributed by atoms with E-state index in [1.807, 2.05) is 30.3 Å². The molecule has 0 aromatic heterocycles. The van der Waals surface area contributed by atoms with Gasteiger partial charge in [-0.2, -0.15) is 0 Å². The molecule has 3 N–H and O–H groups in total. The number of nitrogens with one attached hydrogen (secondary N) is 1. The van der Waals surface area contributed by atoms with Crippen molar-refractivity contribution in [1.29, 1.82) is 0 Å². The predicted octanol–water partition coefficient (Wildman–Crippen LogP) is 2.47. The van der Waals surface area contributed by atoms with E-state index in [1.165, 1.54) is 0 Å². The summed E-state index contributed by atoms with van der Waals surface area (Å²) < 4.78 is 0. The Labute approximate surface area is 157 Å². The van der Waals surface area contributed by atoms with E-state index in [-0.39, 0.29) is 6.03 Å². The van der Waals surface area contributed by atoms with Crippen LogP contribution in [0.3, 0.4) is 0 Å². The van der Waals surface area contributed by atoms with Gasteiger partial charge in [-0.15, -0.1) is 0 Å². The molecule has 6 nitrogen and oxygen atoms in total. The summed E-state index contributed by atoms with van der Waals surface area (Å²) in [5.74, 6) is -0.478. The van der Waals surface area contributed by atoms with Gasteiger partial charge in [-0.1, -0.05) is 35.9 Å². The Balaban J connectivity index is 1.52. The fourth-order valence-electron chi connectivity index (χ4n) is 2.98. The van der Waals surface area contributed by atoms with E-state index >= 15 is 0 Å². The first-order valence-electron chi connectivity index (χ1n) is 8.45. The maximum atomic E-state index is 12.4. The van der Waals surface area contributed by atoms with Gasteiger partial charge in [-0.25, -0.2) is 4.79 Å². The summed E-state index contributed by atoms with van der Waals surface area (Å²) in [6, 6.07) is 14.6. The van der Waals surface area contributed by atoms with Crippen molar-refractivity contribution in [3.63, 3.8) is 0 Å². The monoisotopic (exact) mass is 372 g/mol. The van der Waals surface area contributed by atoms with Crippen molar-refractivity contribution in [2.24, 2.45) is 5.73 Å². The van der Waals surface area contributed by atoms with Crippen LogP contribution in [0.15, 0.2) is 48.5 Å². The second kappa shape index (κ2) is 8.10. The van der Waals surface area contributed by atoms with Crippen molar-refractivity contribution >= 4 is 29.2 Å². The number of halogens is 1. The molecule has 136 valence electrons. The highest BCUT2D eigenvalue weighted by molar-refractivity contribution is 6.33. The molecule has 1 aliphatic rings. The van der Waals surface area contributed by atoms with Gasteiger partial charge < -0.3 is 20.9 Å². The number of carbonyl (C=O) groups excluding carboxylic acids is 2. The molecule has 1 fully saturated rings. The summed E-state index contributed by atoms with van der Waals surface area (Å²) >= 11 is 6.24. The number of benzene rings is 2. The Kier molecular flexibility index (Phi) is 5.63. The fourth-order valence-corrected chi connectivity index (χ4v) is 3.24. The Bertz CT molecular complexity index is 804. The molecule has 3 amide bonds. The van der Waals surface area contributed by atoms with E-state index in [1.54, 1.807) is 23.1 Å². The third kappa shape index (κ3) is 4.26. The Morgan fingerprint density at radius 3 is 2.46 bits per heavy atom. The third-order valence-corrected chi connectivity index (χ3v) is 4.73. The van der Waals surface area contributed by atoms with Crippen LogP contribution in [0.1, 0.15) is 15.9 Å². The van der Waals surface area contributed by atoms with Gasteiger partial charge in [0.1, 0.15) is 0 Å². The topological polar surface area (TPSA) is 78.7 Å². The van der Waals surface area contributed by atoms with Crippen LogP contribution in [0, 0.1) is 0 Å². The van der Waals surface area contributed by atoms with Crippen LogP contribution >= 0.6 is 11.6 Å². The van der Waals surface area contributed by atoms with Gasteiger partial charge in [0, 0.05) is 38.3 Å². The average molecular weight is 373 g/mol. The molecule has 0 spiro atoms. The quantitative estimate of drug-likeness (QED) is 0.865. The standard InChI is InChI=1S/C19H21ClN4O2/c20-16-6-1-2-7-17(16)23-8-10-24(11-9-23)19(26)22-13-14-4-3-5-15(12-14)18(21)25/h1-7,12H,8-11,13H2,(H2,21,25)(H,22,26). The van der Waals surface area contributed by atoms with Crippen LogP contribution in [0.25, 0.3) is 0 Å². The van der Waals surface area contributed by atoms with E-state index in [2.05, 4.69) is 10.2 Å². The zero-order valence-corrected chi connectivity index (χ0v) is 15.1. The maximum absolute atomic E-state index is 12.4. The molecule has 3 rings (SSSR count). The lowest BCUT2D eigenvalue weighted by Crippen LogP contribution is -2.51. The minimum Gasteiger partial charge on any atom is -0.367 e. The number of carbonyl (C=O) groups is 2. The van der Waals surface area contributed by atoms with Crippen molar-refractivity contribution in [3.8, 4) is 0 Å². The smallest absolute Gasteiger partial charge is 0.317 e. The largest absolute Gasteiger partial charge is 0.367 e. The average Bonchev–Trinajstić information content (AvgIpc) is 2.67. The Morgan fingerprint density at radius 2 is 1.77 bits per heavy atom. The summed E-state index contributed by atoms with van der Waals surface area (Å²) in [4.78, 5) is 27.6. The molecule has 7 heteroatoms. The molecule has 1 saturated heterocycles. The first-order chi connectivity index (χ1) is 12.5. The number of urea groups is 1. The lowest BCUT2D eigenvalue weighted by Gasteiger charge is -2.36. The highest BCUT2D eigenvalue weighted by Gasteiger charge is 2.22. The first kappa shape index (κ1) is 18.1. The molecule has 0 bridgehead atoms. The number of rotatable bonds is 4. The molecule has 26 heavy (non-hydrogen) atoms. The molecule has 0 unspecified atom stereocenters. The van der Waals surface area contributed by atoms with Gasteiger partial charge in [0.05, 0.1) is 10.7 Å². The fraction of sp³-hybridized carbons (Fsp3) is 0.263. The van der Waals surface area contributed by atoms with E-state index in [0.717, 1.165) is 29.4 Å². The van der Waals surface area contributed by atoms with Crippen molar-refractivity contribution in [2.75, 3.05) is 31.1 Å². The molecule has 0 saturated carbocycles. The number of amides is 3. The van der Waals surface area contributed by atoms with Gasteiger partial charge in [0.15, 0.2) is 0 Å². The summed E-state index contributed by atoms with van der Waals surface area (Å²) in [7, 11) is 0. The molecule has 0 aliphatic carbocycles. The van der Waals surface area contributed by atoms with Crippen LogP contribution in [-0.2, 0) is 6.54 Å². The molecular formula is C19H21ClN4O2. The zero-order valence-electron chi connectivity index (χ0n) is 14.3. The number of hydrogen-bond donors (Lipinski definition) is 2. The SMILES string of the molecule is NC(=O)c1cccc(CNC(=O)N2CCN(c3ccccc3Cl)CC2)c1. The van der Waals surface area contributed by atoms with Crippen LogP contribution in [0.4, 0.5) is 10.5 Å². The zero-order chi connectivity index (χ0) is 18.5. The van der Waals surface area contributed by atoms with Crippen molar-refractivity contribution < 1.29 is 9.59 Å². The Hall–Kier alpha value is -2.73. The van der Waals surface area contributed by atoms with Crippen molar-refractivity contribution in [1.82, 2.24) is 10.2 Å². The molecule has 2 aromatic rings. The van der Waals surface area contributed by atoms with E-state index in [4.69, 9.17) is 17.3 Å². The molecule has 0 radical (unpaired) electrons. The van der Waals surface area contributed by atoms with E-state index in [0.29, 0.717) is 25.2 Å². The molecule has 0 atom stereocenters. The van der Waals surface area contributed by atoms with Gasteiger partial charge >= 0.3 is 6.03 Å². The minimum atomic E-state index is -0.478. The number of primary amides is 1.